The topological polar surface area (TPSA) is 87.5 Å². The lowest BCUT2D eigenvalue weighted by Gasteiger charge is -2.31. The maximum Gasteiger partial charge on any atom is 0.323 e. The number of carbonyl (C=O) groups is 2. The lowest BCUT2D eigenvalue weighted by molar-refractivity contribution is -0.133. The van der Waals surface area contributed by atoms with Crippen LogP contribution in [0.25, 0.3) is 0 Å². The van der Waals surface area contributed by atoms with Crippen LogP contribution in [0.4, 0.5) is 20.6 Å². The zero-order chi connectivity index (χ0) is 18.7. The van der Waals surface area contributed by atoms with E-state index in [2.05, 4.69) is 10.6 Å². The minimum Gasteiger partial charge on any atom is -0.337 e. The summed E-state index contributed by atoms with van der Waals surface area (Å²) in [6, 6.07) is 10.5. The van der Waals surface area contributed by atoms with Gasteiger partial charge in [-0.05, 0) is 42.7 Å². The van der Waals surface area contributed by atoms with E-state index in [0.29, 0.717) is 25.2 Å². The average Bonchev–Trinajstić information content (AvgIpc) is 2.62. The SMILES string of the molecule is C[C@H](N)C(=O)N1CCc2c(cccc2NC(=O)Nc2ccccc2F)C1. The highest BCUT2D eigenvalue weighted by Gasteiger charge is 2.24. The van der Waals surface area contributed by atoms with E-state index in [1.807, 2.05) is 12.1 Å². The van der Waals surface area contributed by atoms with Crippen LogP contribution >= 0.6 is 0 Å². The molecule has 3 amide bonds. The molecule has 136 valence electrons. The molecule has 0 radical (unpaired) electrons. The van der Waals surface area contributed by atoms with Gasteiger partial charge in [0, 0.05) is 18.8 Å². The number of nitrogens with two attached hydrogens (primary N) is 1. The number of nitrogens with one attached hydrogen (secondary N) is 2. The molecule has 0 fully saturated rings. The molecule has 1 aliphatic heterocycles. The number of fused-ring (bicyclic) bond motifs is 1. The molecule has 2 aromatic rings. The summed E-state index contributed by atoms with van der Waals surface area (Å²) in [6.07, 6.45) is 0.615. The van der Waals surface area contributed by atoms with Crippen LogP contribution in [0.3, 0.4) is 0 Å². The van der Waals surface area contributed by atoms with Crippen LogP contribution in [0.15, 0.2) is 42.5 Å². The van der Waals surface area contributed by atoms with Crippen molar-refractivity contribution in [1.82, 2.24) is 4.90 Å². The van der Waals surface area contributed by atoms with Gasteiger partial charge in [0.15, 0.2) is 0 Å². The number of anilines is 2. The molecule has 0 aromatic heterocycles. The monoisotopic (exact) mass is 356 g/mol. The summed E-state index contributed by atoms with van der Waals surface area (Å²) in [7, 11) is 0. The van der Waals surface area contributed by atoms with Crippen LogP contribution in [-0.2, 0) is 17.8 Å². The van der Waals surface area contributed by atoms with Crippen LogP contribution < -0.4 is 16.4 Å². The van der Waals surface area contributed by atoms with Gasteiger partial charge in [-0.25, -0.2) is 9.18 Å². The fourth-order valence-corrected chi connectivity index (χ4v) is 3.04. The Hall–Kier alpha value is -2.93. The molecule has 7 heteroatoms. The first-order chi connectivity index (χ1) is 12.5. The van der Waals surface area contributed by atoms with Gasteiger partial charge in [0.25, 0.3) is 0 Å². The van der Waals surface area contributed by atoms with Gasteiger partial charge < -0.3 is 21.3 Å². The first-order valence-corrected chi connectivity index (χ1v) is 8.43. The Morgan fingerprint density at radius 2 is 1.81 bits per heavy atom. The molecule has 0 unspecified atom stereocenters. The number of hydrogen-bond donors (Lipinski definition) is 3. The lowest BCUT2D eigenvalue weighted by Crippen LogP contribution is -2.44. The first kappa shape index (κ1) is 17.9. The zero-order valence-corrected chi connectivity index (χ0v) is 14.5. The van der Waals surface area contributed by atoms with Crippen LogP contribution in [0.5, 0.6) is 0 Å². The Morgan fingerprint density at radius 3 is 2.54 bits per heavy atom. The molecule has 1 heterocycles. The van der Waals surface area contributed by atoms with Gasteiger partial charge in [0.2, 0.25) is 5.91 Å². The van der Waals surface area contributed by atoms with Crippen molar-refractivity contribution in [2.45, 2.75) is 25.9 Å². The molecule has 3 rings (SSSR count). The van der Waals surface area contributed by atoms with Crippen molar-refractivity contribution < 1.29 is 14.0 Å². The number of hydrogen-bond acceptors (Lipinski definition) is 3. The number of para-hydroxylation sites is 1. The molecule has 4 N–H and O–H groups in total. The molecular weight excluding hydrogens is 335 g/mol. The molecule has 0 saturated carbocycles. The van der Waals surface area contributed by atoms with Crippen LogP contribution in [0.1, 0.15) is 18.1 Å². The van der Waals surface area contributed by atoms with Crippen LogP contribution in [0.2, 0.25) is 0 Å². The van der Waals surface area contributed by atoms with E-state index in [-0.39, 0.29) is 11.6 Å². The highest BCUT2D eigenvalue weighted by atomic mass is 19.1. The summed E-state index contributed by atoms with van der Waals surface area (Å²) in [5, 5.41) is 5.27. The van der Waals surface area contributed by atoms with Crippen molar-refractivity contribution in [2.24, 2.45) is 5.73 Å². The maximum atomic E-state index is 13.7. The third-order valence-electron chi connectivity index (χ3n) is 4.34. The number of urea groups is 1. The molecule has 0 saturated heterocycles. The summed E-state index contributed by atoms with van der Waals surface area (Å²) in [4.78, 5) is 26.0. The minimum atomic E-state index is -0.538. The van der Waals surface area contributed by atoms with Gasteiger partial charge in [0.05, 0.1) is 11.7 Å². The number of benzene rings is 2. The van der Waals surface area contributed by atoms with E-state index in [1.165, 1.54) is 12.1 Å². The molecule has 0 aliphatic carbocycles. The third-order valence-corrected chi connectivity index (χ3v) is 4.34. The highest BCUT2D eigenvalue weighted by molar-refractivity contribution is 6.00. The number of amides is 3. The van der Waals surface area contributed by atoms with Gasteiger partial charge in [-0.15, -0.1) is 0 Å². The molecular formula is C19H21FN4O2. The third kappa shape index (κ3) is 3.83. The Balaban J connectivity index is 1.73. The van der Waals surface area contributed by atoms with Crippen molar-refractivity contribution in [3.63, 3.8) is 0 Å². The van der Waals surface area contributed by atoms with Crippen LogP contribution in [0, 0.1) is 5.82 Å². The highest BCUT2D eigenvalue weighted by Crippen LogP contribution is 2.27. The average molecular weight is 356 g/mol. The quantitative estimate of drug-likeness (QED) is 0.790. The molecule has 1 atom stereocenters. The van der Waals surface area contributed by atoms with Crippen LogP contribution in [-0.4, -0.2) is 29.4 Å². The molecule has 1 aliphatic rings. The maximum absolute atomic E-state index is 13.7. The fraction of sp³-hybridized carbons (Fsp3) is 0.263. The number of nitrogens with zero attached hydrogens (tertiary/aromatic N) is 1. The van der Waals surface area contributed by atoms with E-state index in [9.17, 15) is 14.0 Å². The van der Waals surface area contributed by atoms with Gasteiger partial charge in [-0.3, -0.25) is 4.79 Å². The fourth-order valence-electron chi connectivity index (χ4n) is 3.04. The second-order valence-electron chi connectivity index (χ2n) is 6.30. The number of rotatable bonds is 3. The Labute approximate surface area is 151 Å². The summed E-state index contributed by atoms with van der Waals surface area (Å²) in [6.45, 7) is 2.67. The van der Waals surface area contributed by atoms with Crippen molar-refractivity contribution in [3.8, 4) is 0 Å². The van der Waals surface area contributed by atoms with Crippen molar-refractivity contribution >= 4 is 23.3 Å². The molecule has 26 heavy (non-hydrogen) atoms. The Morgan fingerprint density at radius 1 is 1.12 bits per heavy atom. The number of carbonyl (C=O) groups excluding carboxylic acids is 2. The molecule has 2 aromatic carbocycles. The number of halogens is 1. The lowest BCUT2D eigenvalue weighted by atomic mass is 9.97. The Kier molecular flexibility index (Phi) is 5.18. The molecule has 0 bridgehead atoms. The first-order valence-electron chi connectivity index (χ1n) is 8.43. The van der Waals surface area contributed by atoms with Gasteiger partial charge >= 0.3 is 6.03 Å². The largest absolute Gasteiger partial charge is 0.337 e. The summed E-state index contributed by atoms with van der Waals surface area (Å²) >= 11 is 0. The van der Waals surface area contributed by atoms with Crippen molar-refractivity contribution in [2.75, 3.05) is 17.2 Å². The summed E-state index contributed by atoms with van der Waals surface area (Å²) in [5.41, 5.74) is 8.40. The van der Waals surface area contributed by atoms with Gasteiger partial charge in [-0.2, -0.15) is 0 Å². The zero-order valence-electron chi connectivity index (χ0n) is 14.5. The smallest absolute Gasteiger partial charge is 0.323 e. The predicted molar refractivity (Wildman–Crippen MR) is 98.3 cm³/mol. The van der Waals surface area contributed by atoms with Gasteiger partial charge in [0.1, 0.15) is 5.82 Å². The van der Waals surface area contributed by atoms with E-state index in [0.717, 1.165) is 11.1 Å². The van der Waals surface area contributed by atoms with Crippen molar-refractivity contribution in [1.29, 1.82) is 0 Å². The van der Waals surface area contributed by atoms with E-state index in [1.54, 1.807) is 30.0 Å². The predicted octanol–water partition coefficient (Wildman–Crippen LogP) is 2.70. The second-order valence-corrected chi connectivity index (χ2v) is 6.30. The van der Waals surface area contributed by atoms with E-state index in [4.69, 9.17) is 5.73 Å². The van der Waals surface area contributed by atoms with E-state index >= 15 is 0 Å². The van der Waals surface area contributed by atoms with E-state index < -0.39 is 17.9 Å². The standard InChI is InChI=1S/C19H21FN4O2/c1-12(21)18(25)24-10-9-14-13(11-24)5-4-8-16(14)22-19(26)23-17-7-3-2-6-15(17)20/h2-8,12H,9-11,21H2,1H3,(H2,22,23,26)/t12-/m0/s1. The van der Waals surface area contributed by atoms with Crippen molar-refractivity contribution in [3.05, 3.63) is 59.4 Å². The Bertz CT molecular complexity index is 838. The second kappa shape index (κ2) is 7.53. The minimum absolute atomic E-state index is 0.0914. The van der Waals surface area contributed by atoms with Gasteiger partial charge in [-0.1, -0.05) is 24.3 Å². The summed E-state index contributed by atoms with van der Waals surface area (Å²) < 4.78 is 13.7. The molecule has 0 spiro atoms. The molecule has 6 nitrogen and oxygen atoms in total. The normalized spacial score (nSPS) is 14.3. The summed E-state index contributed by atoms with van der Waals surface area (Å²) in [5.74, 6) is -0.589.